The molecule has 3 amide bonds. The summed E-state index contributed by atoms with van der Waals surface area (Å²) in [7, 11) is 0. The van der Waals surface area contributed by atoms with Gasteiger partial charge in [0.15, 0.2) is 0 Å². The lowest BCUT2D eigenvalue weighted by Gasteiger charge is -2.34. The fraction of sp³-hybridized carbons (Fsp3) is 0.469. The molecule has 2 aromatic rings. The summed E-state index contributed by atoms with van der Waals surface area (Å²) < 4.78 is 6.63. The third-order valence-corrected chi connectivity index (χ3v) is 9.97. The van der Waals surface area contributed by atoms with E-state index in [9.17, 15) is 14.4 Å². The van der Waals surface area contributed by atoms with Crippen molar-refractivity contribution < 1.29 is 19.1 Å². The molecule has 41 heavy (non-hydrogen) atoms. The van der Waals surface area contributed by atoms with Gasteiger partial charge >= 0.3 is 0 Å². The van der Waals surface area contributed by atoms with Crippen LogP contribution in [0.15, 0.2) is 54.6 Å². The number of amides is 3. The summed E-state index contributed by atoms with van der Waals surface area (Å²) in [6, 6.07) is 12.2. The standard InChI is InChI=1S/C32H35Cl2N3O4/c1-19-8-10-20(11-9-19)14-17-37-27(29(39)35-21-6-4-3-5-7-21)32-16-15-31(2,41-32)25(26(32)30(37)40)28(38)36-22-12-13-23(33)24(34)18-22/h8-13,15-16,18,21,25-27H,3-7,14,17H2,1-2H3,(H,35,39)(H,36,38)/t25?,26-,27?,31-,32?/m0/s1. The fourth-order valence-corrected chi connectivity index (χ4v) is 7.49. The second kappa shape index (κ2) is 10.8. The van der Waals surface area contributed by atoms with Crippen molar-refractivity contribution in [1.82, 2.24) is 10.2 Å². The van der Waals surface area contributed by atoms with Crippen LogP contribution < -0.4 is 10.6 Å². The van der Waals surface area contributed by atoms with Crippen molar-refractivity contribution in [3.8, 4) is 0 Å². The van der Waals surface area contributed by atoms with Crippen molar-refractivity contribution in [2.24, 2.45) is 11.8 Å². The summed E-state index contributed by atoms with van der Waals surface area (Å²) in [6.07, 6.45) is 9.46. The number of likely N-dealkylation sites (tertiary alicyclic amines) is 1. The third kappa shape index (κ3) is 4.96. The van der Waals surface area contributed by atoms with Crippen molar-refractivity contribution in [3.05, 3.63) is 75.8 Å². The van der Waals surface area contributed by atoms with Gasteiger partial charge in [-0.25, -0.2) is 0 Å². The van der Waals surface area contributed by atoms with E-state index < -0.39 is 29.1 Å². The van der Waals surface area contributed by atoms with Crippen LogP contribution in [-0.4, -0.2) is 52.5 Å². The van der Waals surface area contributed by atoms with Gasteiger partial charge in [0.05, 0.1) is 27.5 Å². The lowest BCUT2D eigenvalue weighted by atomic mass is 9.70. The Bertz CT molecular complexity index is 1410. The number of hydrogen-bond acceptors (Lipinski definition) is 4. The van der Waals surface area contributed by atoms with Crippen LogP contribution in [0.3, 0.4) is 0 Å². The fourth-order valence-electron chi connectivity index (χ4n) is 7.20. The molecule has 1 aliphatic carbocycles. The number of carbonyl (C=O) groups is 3. The summed E-state index contributed by atoms with van der Waals surface area (Å²) in [4.78, 5) is 43.8. The minimum atomic E-state index is -1.22. The highest BCUT2D eigenvalue weighted by atomic mass is 35.5. The van der Waals surface area contributed by atoms with Crippen molar-refractivity contribution >= 4 is 46.6 Å². The number of ether oxygens (including phenoxy) is 1. The molecule has 1 saturated carbocycles. The second-order valence-corrected chi connectivity index (χ2v) is 12.9. The molecule has 2 saturated heterocycles. The number of anilines is 1. The van der Waals surface area contributed by atoms with E-state index in [1.54, 1.807) is 23.1 Å². The van der Waals surface area contributed by atoms with Gasteiger partial charge < -0.3 is 20.3 Å². The number of carbonyl (C=O) groups excluding carboxylic acids is 3. The summed E-state index contributed by atoms with van der Waals surface area (Å²) in [5.41, 5.74) is 0.446. The Morgan fingerprint density at radius 1 is 1.00 bits per heavy atom. The predicted octanol–water partition coefficient (Wildman–Crippen LogP) is 5.47. The Kier molecular flexibility index (Phi) is 7.41. The van der Waals surface area contributed by atoms with Crippen molar-refractivity contribution in [2.75, 3.05) is 11.9 Å². The van der Waals surface area contributed by atoms with Crippen LogP contribution in [0.5, 0.6) is 0 Å². The van der Waals surface area contributed by atoms with Gasteiger partial charge in [0.2, 0.25) is 17.7 Å². The van der Waals surface area contributed by atoms with E-state index in [-0.39, 0.29) is 23.8 Å². The SMILES string of the molecule is Cc1ccc(CCN2C(=O)[C@@H]3C(C(=O)Nc4ccc(Cl)c(Cl)c4)[C@]4(C)C=CC3(O4)C2C(=O)NC2CCCCC2)cc1. The van der Waals surface area contributed by atoms with E-state index in [1.165, 1.54) is 6.42 Å². The minimum Gasteiger partial charge on any atom is -0.356 e. The molecule has 3 aliphatic heterocycles. The van der Waals surface area contributed by atoms with E-state index >= 15 is 0 Å². The third-order valence-electron chi connectivity index (χ3n) is 9.23. The monoisotopic (exact) mass is 595 g/mol. The molecule has 2 bridgehead atoms. The van der Waals surface area contributed by atoms with Crippen LogP contribution in [0.1, 0.15) is 50.2 Å². The summed E-state index contributed by atoms with van der Waals surface area (Å²) in [5, 5.41) is 6.85. The van der Waals surface area contributed by atoms with Crippen LogP contribution in [0.4, 0.5) is 5.69 Å². The second-order valence-electron chi connectivity index (χ2n) is 12.1. The van der Waals surface area contributed by atoms with E-state index in [4.69, 9.17) is 27.9 Å². The number of nitrogens with zero attached hydrogens (tertiary/aromatic N) is 1. The Morgan fingerprint density at radius 2 is 1.73 bits per heavy atom. The average molecular weight is 597 g/mol. The zero-order valence-corrected chi connectivity index (χ0v) is 24.8. The molecule has 216 valence electrons. The van der Waals surface area contributed by atoms with E-state index in [1.807, 2.05) is 50.3 Å². The number of aryl methyl sites for hydroxylation is 1. The molecule has 1 spiro atoms. The van der Waals surface area contributed by atoms with Crippen LogP contribution >= 0.6 is 23.2 Å². The molecule has 9 heteroatoms. The van der Waals surface area contributed by atoms with Crippen molar-refractivity contribution in [3.63, 3.8) is 0 Å². The number of halogens is 2. The summed E-state index contributed by atoms with van der Waals surface area (Å²) in [5.74, 6) is -2.47. The largest absolute Gasteiger partial charge is 0.356 e. The van der Waals surface area contributed by atoms with Gasteiger partial charge in [-0.3, -0.25) is 14.4 Å². The smallest absolute Gasteiger partial charge is 0.246 e. The highest BCUT2D eigenvalue weighted by molar-refractivity contribution is 6.42. The summed E-state index contributed by atoms with van der Waals surface area (Å²) >= 11 is 12.2. The number of hydrogen-bond donors (Lipinski definition) is 2. The number of fused-ring (bicyclic) bond motifs is 1. The molecule has 0 aromatic heterocycles. The molecule has 0 radical (unpaired) electrons. The van der Waals surface area contributed by atoms with Gasteiger partial charge in [0, 0.05) is 18.3 Å². The molecular formula is C32H35Cl2N3O4. The van der Waals surface area contributed by atoms with Crippen LogP contribution in [-0.2, 0) is 25.5 Å². The molecule has 2 N–H and O–H groups in total. The van der Waals surface area contributed by atoms with Gasteiger partial charge in [0.25, 0.3) is 0 Å². The maximum Gasteiger partial charge on any atom is 0.246 e. The van der Waals surface area contributed by atoms with Crippen molar-refractivity contribution in [2.45, 2.75) is 75.7 Å². The van der Waals surface area contributed by atoms with Gasteiger partial charge in [-0.1, -0.05) is 84.4 Å². The molecular weight excluding hydrogens is 561 g/mol. The Morgan fingerprint density at radius 3 is 2.44 bits per heavy atom. The zero-order valence-electron chi connectivity index (χ0n) is 23.3. The molecule has 2 aromatic carbocycles. The average Bonchev–Trinajstić information content (AvgIpc) is 3.51. The molecule has 7 nitrogen and oxygen atoms in total. The Hall–Kier alpha value is -2.87. The van der Waals surface area contributed by atoms with Gasteiger partial charge in [-0.2, -0.15) is 0 Å². The number of nitrogens with one attached hydrogen (secondary N) is 2. The molecule has 3 unspecified atom stereocenters. The number of benzene rings is 2. The molecule has 5 atom stereocenters. The van der Waals surface area contributed by atoms with E-state index in [2.05, 4.69) is 10.6 Å². The molecule has 3 heterocycles. The Labute approximate surface area is 250 Å². The topological polar surface area (TPSA) is 87.7 Å². The first-order chi connectivity index (χ1) is 19.6. The lowest BCUT2D eigenvalue weighted by molar-refractivity contribution is -0.144. The minimum absolute atomic E-state index is 0.0765. The molecule has 4 aliphatic rings. The Balaban J connectivity index is 1.32. The highest BCUT2D eigenvalue weighted by Gasteiger charge is 2.76. The first-order valence-electron chi connectivity index (χ1n) is 14.4. The lowest BCUT2D eigenvalue weighted by Crippen LogP contribution is -2.57. The number of rotatable bonds is 7. The zero-order chi connectivity index (χ0) is 28.9. The first-order valence-corrected chi connectivity index (χ1v) is 15.2. The quantitative estimate of drug-likeness (QED) is 0.415. The maximum atomic E-state index is 14.3. The van der Waals surface area contributed by atoms with Gasteiger partial charge in [0.1, 0.15) is 11.6 Å². The van der Waals surface area contributed by atoms with E-state index in [0.29, 0.717) is 28.7 Å². The summed E-state index contributed by atoms with van der Waals surface area (Å²) in [6.45, 7) is 4.19. The normalized spacial score (nSPS) is 30.5. The maximum absolute atomic E-state index is 14.3. The van der Waals surface area contributed by atoms with E-state index in [0.717, 1.165) is 36.8 Å². The highest BCUT2D eigenvalue weighted by Crippen LogP contribution is 2.59. The van der Waals surface area contributed by atoms with Crippen LogP contribution in [0, 0.1) is 18.8 Å². The predicted molar refractivity (Wildman–Crippen MR) is 159 cm³/mol. The van der Waals surface area contributed by atoms with Crippen LogP contribution in [0.25, 0.3) is 0 Å². The van der Waals surface area contributed by atoms with Crippen LogP contribution in [0.2, 0.25) is 10.0 Å². The van der Waals surface area contributed by atoms with Gasteiger partial charge in [-0.15, -0.1) is 0 Å². The van der Waals surface area contributed by atoms with Crippen molar-refractivity contribution in [1.29, 1.82) is 0 Å². The molecule has 6 rings (SSSR count). The van der Waals surface area contributed by atoms with Gasteiger partial charge in [-0.05, 0) is 56.9 Å². The first kappa shape index (κ1) is 28.3. The molecule has 3 fully saturated rings.